The zero-order chi connectivity index (χ0) is 26.9. The Bertz CT molecular complexity index is 901. The van der Waals surface area contributed by atoms with E-state index in [1.165, 1.54) is 0 Å². The van der Waals surface area contributed by atoms with Gasteiger partial charge in [0.15, 0.2) is 0 Å². The van der Waals surface area contributed by atoms with Gasteiger partial charge in [-0.25, -0.2) is 19.6 Å². The van der Waals surface area contributed by atoms with Gasteiger partial charge in [0.25, 0.3) is 0 Å². The molecule has 0 N–H and O–H groups in total. The average Bonchev–Trinajstić information content (AvgIpc) is 2.87. The highest BCUT2D eigenvalue weighted by atomic mass is 17.2. The van der Waals surface area contributed by atoms with Gasteiger partial charge in [0.2, 0.25) is 0 Å². The van der Waals surface area contributed by atoms with Crippen LogP contribution in [-0.4, -0.2) is 11.2 Å². The molecular weight excluding hydrogens is 448 g/mol. The predicted molar refractivity (Wildman–Crippen MR) is 151 cm³/mol. The van der Waals surface area contributed by atoms with Gasteiger partial charge >= 0.3 is 0 Å². The molecule has 0 aliphatic carbocycles. The first-order valence-electron chi connectivity index (χ1n) is 12.1. The molecule has 3 aromatic carbocycles. The van der Waals surface area contributed by atoms with Crippen molar-refractivity contribution in [3.63, 3.8) is 0 Å². The van der Waals surface area contributed by atoms with E-state index in [0.29, 0.717) is 13.2 Å². The summed E-state index contributed by atoms with van der Waals surface area (Å²) in [6.45, 7) is 20.1. The van der Waals surface area contributed by atoms with Crippen LogP contribution in [0.25, 0.3) is 12.2 Å². The third-order valence-electron chi connectivity index (χ3n) is 4.20. The monoisotopic (exact) mass is 490 g/mol. The van der Waals surface area contributed by atoms with Crippen molar-refractivity contribution in [1.29, 1.82) is 0 Å². The molecule has 0 aromatic heterocycles. The third kappa shape index (κ3) is 15.8. The first-order valence-corrected chi connectivity index (χ1v) is 12.1. The van der Waals surface area contributed by atoms with Crippen molar-refractivity contribution < 1.29 is 19.6 Å². The standard InChI is InChI=1S/C14H14O2.C10H10.C8H18O2/c1-3-7-13(8-4-1)11-15-16-12-14-9-5-2-6-10-14;1-3-9-7-5-6-8-10(9)4-2;1-7(2,3)9-10-8(4,5)6/h1-10H,11-12H2;3-8H,1-2H2;1-6H3. The van der Waals surface area contributed by atoms with Crippen molar-refractivity contribution in [2.24, 2.45) is 0 Å². The van der Waals surface area contributed by atoms with Crippen LogP contribution in [0.2, 0.25) is 0 Å². The molecular formula is C32H42O4. The molecule has 3 rings (SSSR count). The summed E-state index contributed by atoms with van der Waals surface area (Å²) >= 11 is 0. The molecule has 0 bridgehead atoms. The van der Waals surface area contributed by atoms with Gasteiger partial charge < -0.3 is 0 Å². The second-order valence-corrected chi connectivity index (χ2v) is 9.92. The second kappa shape index (κ2) is 16.6. The minimum atomic E-state index is -0.215. The first kappa shape index (κ1) is 31.0. The number of hydrogen-bond donors (Lipinski definition) is 0. The molecule has 0 heterocycles. The molecule has 0 fully saturated rings. The molecule has 0 spiro atoms. The molecule has 36 heavy (non-hydrogen) atoms. The van der Waals surface area contributed by atoms with Gasteiger partial charge in [-0.05, 0) is 63.8 Å². The summed E-state index contributed by atoms with van der Waals surface area (Å²) in [5, 5.41) is 0. The van der Waals surface area contributed by atoms with E-state index in [9.17, 15) is 0 Å². The predicted octanol–water partition coefficient (Wildman–Crippen LogP) is 8.84. The van der Waals surface area contributed by atoms with Crippen LogP contribution in [0.5, 0.6) is 0 Å². The number of benzene rings is 3. The number of hydrogen-bond acceptors (Lipinski definition) is 4. The summed E-state index contributed by atoms with van der Waals surface area (Å²) in [5.74, 6) is 0. The maximum Gasteiger partial charge on any atom is 0.107 e. The highest BCUT2D eigenvalue weighted by molar-refractivity contribution is 5.63. The van der Waals surface area contributed by atoms with Crippen molar-refractivity contribution in [1.82, 2.24) is 0 Å². The molecule has 0 aliphatic heterocycles. The van der Waals surface area contributed by atoms with Crippen LogP contribution in [-0.2, 0) is 32.8 Å². The summed E-state index contributed by atoms with van der Waals surface area (Å²) in [6.07, 6.45) is 3.66. The molecule has 0 saturated heterocycles. The van der Waals surface area contributed by atoms with Gasteiger partial charge in [-0.1, -0.05) is 110 Å². The Balaban J connectivity index is 0.000000285. The Hall–Kier alpha value is -3.02. The highest BCUT2D eigenvalue weighted by Crippen LogP contribution is 2.14. The molecule has 4 heteroatoms. The second-order valence-electron chi connectivity index (χ2n) is 9.92. The summed E-state index contributed by atoms with van der Waals surface area (Å²) in [6, 6.07) is 27.9. The maximum absolute atomic E-state index is 5.12. The minimum Gasteiger partial charge on any atom is -0.232 e. The Morgan fingerprint density at radius 3 is 1.11 bits per heavy atom. The van der Waals surface area contributed by atoms with Crippen molar-refractivity contribution in [3.8, 4) is 0 Å². The smallest absolute Gasteiger partial charge is 0.107 e. The van der Waals surface area contributed by atoms with Crippen molar-refractivity contribution >= 4 is 12.2 Å². The maximum atomic E-state index is 5.12. The van der Waals surface area contributed by atoms with E-state index in [1.54, 1.807) is 0 Å². The zero-order valence-corrected chi connectivity index (χ0v) is 22.7. The fraction of sp³-hybridized carbons (Fsp3) is 0.312. The molecule has 0 unspecified atom stereocenters. The third-order valence-corrected chi connectivity index (χ3v) is 4.20. The topological polar surface area (TPSA) is 36.9 Å². The molecule has 0 amide bonds. The fourth-order valence-electron chi connectivity index (χ4n) is 2.50. The van der Waals surface area contributed by atoms with Crippen molar-refractivity contribution in [2.75, 3.05) is 0 Å². The van der Waals surface area contributed by atoms with Crippen LogP contribution in [0.3, 0.4) is 0 Å². The quantitative estimate of drug-likeness (QED) is 0.179. The van der Waals surface area contributed by atoms with Gasteiger partial charge in [0, 0.05) is 0 Å². The lowest BCUT2D eigenvalue weighted by Crippen LogP contribution is -2.27. The fourth-order valence-corrected chi connectivity index (χ4v) is 2.50. The molecule has 0 saturated carbocycles. The van der Waals surface area contributed by atoms with E-state index in [-0.39, 0.29) is 11.2 Å². The van der Waals surface area contributed by atoms with Gasteiger partial charge in [0.05, 0.1) is 11.2 Å². The van der Waals surface area contributed by atoms with Crippen LogP contribution < -0.4 is 0 Å². The Kier molecular flexibility index (Phi) is 14.3. The summed E-state index contributed by atoms with van der Waals surface area (Å²) in [5.41, 5.74) is 4.06. The molecule has 0 aliphatic rings. The Morgan fingerprint density at radius 1 is 0.528 bits per heavy atom. The molecule has 3 aromatic rings. The highest BCUT2D eigenvalue weighted by Gasteiger charge is 2.18. The van der Waals surface area contributed by atoms with Crippen LogP contribution >= 0.6 is 0 Å². The first-order chi connectivity index (χ1) is 17.0. The van der Waals surface area contributed by atoms with Gasteiger partial charge in [-0.2, -0.15) is 0 Å². The van der Waals surface area contributed by atoms with E-state index in [0.717, 1.165) is 22.3 Å². The van der Waals surface area contributed by atoms with E-state index in [1.807, 2.05) is 139 Å². The largest absolute Gasteiger partial charge is 0.232 e. The van der Waals surface area contributed by atoms with Crippen LogP contribution in [0.4, 0.5) is 0 Å². The summed E-state index contributed by atoms with van der Waals surface area (Å²) in [7, 11) is 0. The van der Waals surface area contributed by atoms with Crippen molar-refractivity contribution in [3.05, 3.63) is 120 Å². The minimum absolute atomic E-state index is 0.215. The summed E-state index contributed by atoms with van der Waals surface area (Å²) in [4.78, 5) is 20.4. The van der Waals surface area contributed by atoms with Crippen LogP contribution in [0, 0.1) is 0 Å². The van der Waals surface area contributed by atoms with Gasteiger partial charge in [-0.15, -0.1) is 0 Å². The average molecular weight is 491 g/mol. The normalized spacial score (nSPS) is 10.8. The molecule has 0 radical (unpaired) electrons. The van der Waals surface area contributed by atoms with Crippen molar-refractivity contribution in [2.45, 2.75) is 66.0 Å². The Morgan fingerprint density at radius 2 is 0.833 bits per heavy atom. The summed E-state index contributed by atoms with van der Waals surface area (Å²) < 4.78 is 0. The van der Waals surface area contributed by atoms with E-state index in [4.69, 9.17) is 19.6 Å². The van der Waals surface area contributed by atoms with Gasteiger partial charge in [-0.3, -0.25) is 0 Å². The van der Waals surface area contributed by atoms with E-state index in [2.05, 4.69) is 13.2 Å². The van der Waals surface area contributed by atoms with E-state index >= 15 is 0 Å². The van der Waals surface area contributed by atoms with E-state index < -0.39 is 0 Å². The SMILES string of the molecule is C=Cc1ccccc1C=C.CC(C)(C)OOC(C)(C)C.c1ccc(COOCc2ccccc2)cc1. The lowest BCUT2D eigenvalue weighted by atomic mass is 10.1. The zero-order valence-electron chi connectivity index (χ0n) is 22.7. The lowest BCUT2D eigenvalue weighted by Gasteiger charge is -2.24. The van der Waals surface area contributed by atoms with Gasteiger partial charge in [0.1, 0.15) is 13.2 Å². The lowest BCUT2D eigenvalue weighted by molar-refractivity contribution is -0.393. The van der Waals surface area contributed by atoms with Crippen LogP contribution in [0.15, 0.2) is 98.1 Å². The van der Waals surface area contributed by atoms with Crippen LogP contribution in [0.1, 0.15) is 63.8 Å². The number of rotatable bonds is 8. The Labute approximate surface area is 218 Å². The molecule has 4 nitrogen and oxygen atoms in total. The molecule has 194 valence electrons. The molecule has 0 atom stereocenters.